The van der Waals surface area contributed by atoms with Gasteiger partial charge in [0.2, 0.25) is 0 Å². The van der Waals surface area contributed by atoms with Crippen molar-refractivity contribution >= 4 is 19.8 Å². The van der Waals surface area contributed by atoms with Crippen LogP contribution in [0.2, 0.25) is 0 Å². The van der Waals surface area contributed by atoms with Gasteiger partial charge in [-0.1, -0.05) is 152 Å². The van der Waals surface area contributed by atoms with Crippen LogP contribution in [0.4, 0.5) is 0 Å². The van der Waals surface area contributed by atoms with E-state index in [4.69, 9.17) is 24.3 Å². The van der Waals surface area contributed by atoms with Crippen LogP contribution < -0.4 is 5.73 Å². The van der Waals surface area contributed by atoms with Crippen LogP contribution in [-0.4, -0.2) is 49.3 Å². The summed E-state index contributed by atoms with van der Waals surface area (Å²) in [6.07, 6.45) is 45.7. The molecule has 54 heavy (non-hydrogen) atoms. The van der Waals surface area contributed by atoms with Crippen molar-refractivity contribution in [3.8, 4) is 0 Å². The maximum absolute atomic E-state index is 12.6. The number of nitrogens with two attached hydrogens (primary N) is 1. The summed E-state index contributed by atoms with van der Waals surface area (Å²) in [5, 5.41) is 0. The fourth-order valence-electron chi connectivity index (χ4n) is 5.76. The molecule has 0 amide bonds. The summed E-state index contributed by atoms with van der Waals surface area (Å²) in [4.78, 5) is 34.9. The molecule has 0 aromatic rings. The first-order valence-corrected chi connectivity index (χ1v) is 23.1. The van der Waals surface area contributed by atoms with Gasteiger partial charge in [-0.05, 0) is 70.6 Å². The molecule has 0 aliphatic rings. The summed E-state index contributed by atoms with van der Waals surface area (Å²) in [7, 11) is -4.38. The van der Waals surface area contributed by atoms with E-state index in [2.05, 4.69) is 62.5 Å². The van der Waals surface area contributed by atoms with E-state index >= 15 is 0 Å². The first kappa shape index (κ1) is 52.0. The third-order valence-corrected chi connectivity index (χ3v) is 9.93. The Kier molecular flexibility index (Phi) is 39.1. The molecule has 0 fully saturated rings. The lowest BCUT2D eigenvalue weighted by molar-refractivity contribution is -0.161. The largest absolute Gasteiger partial charge is 0.472 e. The Hall–Kier alpha value is -2.03. The Morgan fingerprint density at radius 2 is 1.02 bits per heavy atom. The number of phosphoric acid groups is 1. The molecule has 314 valence electrons. The third kappa shape index (κ3) is 39.7. The average Bonchev–Trinajstić information content (AvgIpc) is 3.16. The highest BCUT2D eigenvalue weighted by atomic mass is 31.2. The van der Waals surface area contributed by atoms with Gasteiger partial charge in [-0.25, -0.2) is 4.57 Å². The normalized spacial score (nSPS) is 13.8. The number of hydrogen-bond donors (Lipinski definition) is 2. The van der Waals surface area contributed by atoms with Gasteiger partial charge in [0.25, 0.3) is 0 Å². The van der Waals surface area contributed by atoms with Crippen molar-refractivity contribution in [2.24, 2.45) is 5.73 Å². The summed E-state index contributed by atoms with van der Waals surface area (Å²) in [5.41, 5.74) is 5.34. The monoisotopic (exact) mass is 782 g/mol. The molecule has 0 saturated heterocycles. The molecule has 0 aromatic carbocycles. The van der Waals surface area contributed by atoms with E-state index in [9.17, 15) is 19.0 Å². The molecule has 0 aliphatic carbocycles. The van der Waals surface area contributed by atoms with Crippen LogP contribution in [0.25, 0.3) is 0 Å². The number of carbonyl (C=O) groups excluding carboxylic acids is 2. The van der Waals surface area contributed by atoms with Crippen molar-refractivity contribution in [1.29, 1.82) is 0 Å². The van der Waals surface area contributed by atoms with E-state index in [1.54, 1.807) is 0 Å². The minimum absolute atomic E-state index is 0.0483. The summed E-state index contributed by atoms with van der Waals surface area (Å²) in [6, 6.07) is 0. The molecular formula is C44H80NO8P. The molecule has 3 N–H and O–H groups in total. The molecule has 0 spiro atoms. The summed E-state index contributed by atoms with van der Waals surface area (Å²) in [6.45, 7) is 3.59. The highest BCUT2D eigenvalue weighted by Gasteiger charge is 2.26. The number of rotatable bonds is 40. The predicted molar refractivity (Wildman–Crippen MR) is 224 cm³/mol. The minimum atomic E-state index is -4.38. The van der Waals surface area contributed by atoms with Crippen molar-refractivity contribution in [3.05, 3.63) is 48.6 Å². The van der Waals surface area contributed by atoms with Gasteiger partial charge in [0, 0.05) is 19.4 Å². The van der Waals surface area contributed by atoms with Crippen molar-refractivity contribution < 1.29 is 37.6 Å². The number of phosphoric ester groups is 1. The van der Waals surface area contributed by atoms with Crippen LogP contribution in [0.15, 0.2) is 48.6 Å². The van der Waals surface area contributed by atoms with Gasteiger partial charge >= 0.3 is 19.8 Å². The first-order chi connectivity index (χ1) is 26.3. The third-order valence-electron chi connectivity index (χ3n) is 8.95. The average molecular weight is 782 g/mol. The quantitative estimate of drug-likeness (QED) is 0.0269. The molecule has 2 atom stereocenters. The molecule has 0 saturated carbocycles. The zero-order valence-electron chi connectivity index (χ0n) is 34.4. The van der Waals surface area contributed by atoms with Gasteiger partial charge in [0.1, 0.15) is 6.61 Å². The van der Waals surface area contributed by atoms with Gasteiger partial charge in [-0.15, -0.1) is 0 Å². The van der Waals surface area contributed by atoms with Crippen LogP contribution >= 0.6 is 7.82 Å². The zero-order chi connectivity index (χ0) is 39.6. The summed E-state index contributed by atoms with van der Waals surface area (Å²) in [5.74, 6) is -0.854. The van der Waals surface area contributed by atoms with Gasteiger partial charge in [0.15, 0.2) is 6.10 Å². The molecule has 0 radical (unpaired) electrons. The molecule has 0 rings (SSSR count). The molecule has 0 heterocycles. The maximum Gasteiger partial charge on any atom is 0.472 e. The number of unbranched alkanes of at least 4 members (excludes halogenated alkanes) is 19. The second-order valence-corrected chi connectivity index (χ2v) is 15.6. The molecule has 0 aromatic heterocycles. The number of esters is 2. The van der Waals surface area contributed by atoms with Crippen LogP contribution in [0.3, 0.4) is 0 Å². The van der Waals surface area contributed by atoms with Crippen molar-refractivity contribution in [2.75, 3.05) is 26.4 Å². The van der Waals surface area contributed by atoms with E-state index in [1.807, 2.05) is 0 Å². The molecule has 0 aliphatic heterocycles. The molecule has 9 nitrogen and oxygen atoms in total. The number of ether oxygens (including phenoxy) is 2. The number of allylic oxidation sites excluding steroid dienone is 8. The van der Waals surface area contributed by atoms with Gasteiger partial charge in [-0.2, -0.15) is 0 Å². The van der Waals surface area contributed by atoms with Crippen molar-refractivity contribution in [1.82, 2.24) is 0 Å². The lowest BCUT2D eigenvalue weighted by Gasteiger charge is -2.19. The number of carbonyl (C=O) groups is 2. The van der Waals surface area contributed by atoms with Crippen LogP contribution in [0.5, 0.6) is 0 Å². The molecule has 2 unspecified atom stereocenters. The van der Waals surface area contributed by atoms with Gasteiger partial charge in [-0.3, -0.25) is 18.6 Å². The van der Waals surface area contributed by atoms with Crippen molar-refractivity contribution in [3.63, 3.8) is 0 Å². The van der Waals surface area contributed by atoms with E-state index in [0.717, 1.165) is 83.5 Å². The zero-order valence-corrected chi connectivity index (χ0v) is 35.3. The number of hydrogen-bond acceptors (Lipinski definition) is 8. The second-order valence-electron chi connectivity index (χ2n) is 14.2. The van der Waals surface area contributed by atoms with Crippen LogP contribution in [0, 0.1) is 0 Å². The topological polar surface area (TPSA) is 134 Å². The van der Waals surface area contributed by atoms with Gasteiger partial charge < -0.3 is 20.1 Å². The van der Waals surface area contributed by atoms with E-state index in [1.165, 1.54) is 70.6 Å². The highest BCUT2D eigenvalue weighted by molar-refractivity contribution is 7.47. The van der Waals surface area contributed by atoms with Crippen molar-refractivity contribution in [2.45, 2.75) is 193 Å². The Morgan fingerprint density at radius 3 is 1.54 bits per heavy atom. The first-order valence-electron chi connectivity index (χ1n) is 21.6. The molecule has 10 heteroatoms. The Balaban J connectivity index is 4.17. The summed E-state index contributed by atoms with van der Waals surface area (Å²) >= 11 is 0. The maximum atomic E-state index is 12.6. The van der Waals surface area contributed by atoms with E-state index < -0.39 is 32.5 Å². The standard InChI is InChI=1S/C44H80NO8P/c1-3-5-7-9-11-13-15-17-19-20-21-23-24-26-28-30-32-34-36-43(46)50-40-42(41-52-54(48,49)51-39-38-45)53-44(47)37-35-33-31-29-27-25-22-18-16-14-12-10-8-6-4-2/h6,8,12,14,18-20,22,42H,3-5,7,9-11,13,15-17,21,23-41,45H2,1-2H3,(H,48,49)/b8-6-,14-12-,20-19-,22-18-. The van der Waals surface area contributed by atoms with Crippen LogP contribution in [0.1, 0.15) is 187 Å². The summed E-state index contributed by atoms with van der Waals surface area (Å²) < 4.78 is 32.7. The lowest BCUT2D eigenvalue weighted by atomic mass is 10.1. The molecule has 0 bridgehead atoms. The van der Waals surface area contributed by atoms with E-state index in [0.29, 0.717) is 6.42 Å². The van der Waals surface area contributed by atoms with Gasteiger partial charge in [0.05, 0.1) is 13.2 Å². The predicted octanol–water partition coefficient (Wildman–Crippen LogP) is 12.3. The minimum Gasteiger partial charge on any atom is -0.462 e. The van der Waals surface area contributed by atoms with E-state index in [-0.39, 0.29) is 32.6 Å². The highest BCUT2D eigenvalue weighted by Crippen LogP contribution is 2.43. The fraction of sp³-hybridized carbons (Fsp3) is 0.773. The Labute approximate surface area is 330 Å². The fourth-order valence-corrected chi connectivity index (χ4v) is 6.53. The molecular weight excluding hydrogens is 701 g/mol. The Morgan fingerprint density at radius 1 is 0.574 bits per heavy atom. The SMILES string of the molecule is CC/C=C\C/C=C\C/C=C\CCCCCCCC(=O)OC(COC(=O)CCCCCCCCC/C=C\CCCCCCCCC)COP(=O)(O)OCCN. The second kappa shape index (κ2) is 40.6. The van der Waals surface area contributed by atoms with Crippen LogP contribution in [-0.2, 0) is 32.7 Å². The Bertz CT molecular complexity index is 1030. The lowest BCUT2D eigenvalue weighted by Crippen LogP contribution is -2.29. The smallest absolute Gasteiger partial charge is 0.462 e.